The Morgan fingerprint density at radius 2 is 0.825 bits per heavy atom. The minimum absolute atomic E-state index is 0. The van der Waals surface area contributed by atoms with E-state index in [0.717, 1.165) is 61.2 Å². The van der Waals surface area contributed by atoms with Gasteiger partial charge >= 0.3 is 34.1 Å². The van der Waals surface area contributed by atoms with Crippen molar-refractivity contribution in [1.82, 2.24) is 9.80 Å². The molecule has 4 aromatic carbocycles. The van der Waals surface area contributed by atoms with E-state index in [1.54, 1.807) is 12.1 Å². The zero-order valence-corrected chi connectivity index (χ0v) is 25.9. The Kier molecular flexibility index (Phi) is 16.6. The van der Waals surface area contributed by atoms with Gasteiger partial charge in [-0.15, -0.1) is 11.5 Å². The fraction of sp³-hybridized carbons (Fsp3) is 0.375. The number of nitrogens with zero attached hydrogens (tertiary/aromatic N) is 2. The molecule has 0 N–H and O–H groups in total. The van der Waals surface area contributed by atoms with Crippen molar-refractivity contribution >= 4 is 21.5 Å². The third kappa shape index (κ3) is 9.27. The van der Waals surface area contributed by atoms with Gasteiger partial charge < -0.3 is 35.0 Å². The van der Waals surface area contributed by atoms with Crippen molar-refractivity contribution in [2.45, 2.75) is 51.6 Å². The first-order chi connectivity index (χ1) is 17.7. The van der Waals surface area contributed by atoms with E-state index < -0.39 is 0 Å². The number of benzene rings is 4. The Hall–Kier alpha value is -1.46. The summed E-state index contributed by atoms with van der Waals surface area (Å²) in [5, 5.41) is 28.7. The monoisotopic (exact) mass is 676 g/mol. The van der Waals surface area contributed by atoms with Crippen LogP contribution in [0.3, 0.4) is 0 Å². The van der Waals surface area contributed by atoms with Crippen molar-refractivity contribution in [3.05, 3.63) is 83.9 Å². The van der Waals surface area contributed by atoms with E-state index >= 15 is 0 Å². The van der Waals surface area contributed by atoms with Gasteiger partial charge in [0.1, 0.15) is 0 Å². The number of hydrogen-bond acceptors (Lipinski definition) is 4. The molecule has 2 fully saturated rings. The average Bonchev–Trinajstić information content (AvgIpc) is 2.93. The largest absolute Gasteiger partial charge is 2.00 e. The maximum atomic E-state index is 12.1. The maximum Gasteiger partial charge on any atom is 2.00 e. The molecule has 0 saturated carbocycles. The van der Waals surface area contributed by atoms with Gasteiger partial charge in [0.05, 0.1) is 0 Å². The van der Waals surface area contributed by atoms with Gasteiger partial charge in [0.25, 0.3) is 0 Å². The summed E-state index contributed by atoms with van der Waals surface area (Å²) in [6.45, 7) is 6.12. The van der Waals surface area contributed by atoms with Crippen LogP contribution in [-0.2, 0) is 47.2 Å². The van der Waals surface area contributed by atoms with Crippen LogP contribution in [0.25, 0.3) is 21.5 Å². The predicted octanol–water partition coefficient (Wildman–Crippen LogP) is -0.198. The van der Waals surface area contributed by atoms with Crippen LogP contribution >= 0.6 is 0 Å². The van der Waals surface area contributed by atoms with E-state index in [-0.39, 0.29) is 70.5 Å². The van der Waals surface area contributed by atoms with E-state index in [4.69, 9.17) is 0 Å². The van der Waals surface area contributed by atoms with Crippen LogP contribution in [0, 0.1) is 0 Å². The summed E-state index contributed by atoms with van der Waals surface area (Å²) < 4.78 is 0. The zero-order chi connectivity index (χ0) is 24.7. The van der Waals surface area contributed by atoms with Crippen molar-refractivity contribution < 1.29 is 69.2 Å². The Morgan fingerprint density at radius 3 is 1.20 bits per heavy atom. The molecule has 8 heteroatoms. The first-order valence-electron chi connectivity index (χ1n) is 13.5. The smallest absolute Gasteiger partial charge is 1.00 e. The molecule has 4 nitrogen and oxygen atoms in total. The van der Waals surface area contributed by atoms with Crippen molar-refractivity contribution in [1.29, 1.82) is 0 Å². The molecule has 0 unspecified atom stereocenters. The minimum atomic E-state index is 0. The standard InChI is InChI=1S/2C16H19NO.2ClH.2Cu/c2*18-16-9-8-13-6-2-3-7-14(13)15(16)12-17-10-4-1-5-11-17;;;;/h2*2-3,6-9,18H,1,4-5,10-12H2;2*1H;;/q;;;;2*+2/p-4. The van der Waals surface area contributed by atoms with E-state index in [0.29, 0.717) is 0 Å². The molecular formula is C32H36Cl2Cu2N2O2. The van der Waals surface area contributed by atoms with Gasteiger partial charge in [-0.2, -0.15) is 0 Å². The average molecular weight is 679 g/mol. The van der Waals surface area contributed by atoms with E-state index in [2.05, 4.69) is 34.1 Å². The molecule has 6 rings (SSSR count). The van der Waals surface area contributed by atoms with Crippen LogP contribution in [0.1, 0.15) is 49.7 Å². The van der Waals surface area contributed by atoms with Crippen molar-refractivity contribution in [3.8, 4) is 11.5 Å². The topological polar surface area (TPSA) is 52.6 Å². The molecule has 4 aromatic rings. The quantitative estimate of drug-likeness (QED) is 0.281. The van der Waals surface area contributed by atoms with Crippen LogP contribution in [0.4, 0.5) is 0 Å². The first-order valence-corrected chi connectivity index (χ1v) is 13.5. The second-order valence-corrected chi connectivity index (χ2v) is 10.2. The van der Waals surface area contributed by atoms with Crippen molar-refractivity contribution in [2.24, 2.45) is 0 Å². The summed E-state index contributed by atoms with van der Waals surface area (Å²) in [7, 11) is 0. The fourth-order valence-corrected chi connectivity index (χ4v) is 5.64. The van der Waals surface area contributed by atoms with E-state index in [1.165, 1.54) is 49.3 Å². The van der Waals surface area contributed by atoms with Gasteiger partial charge in [0.15, 0.2) is 0 Å². The Labute approximate surface area is 272 Å². The Balaban J connectivity index is 0.000000364. The van der Waals surface area contributed by atoms with Gasteiger partial charge in [-0.25, -0.2) is 0 Å². The van der Waals surface area contributed by atoms with Crippen LogP contribution in [0.15, 0.2) is 72.8 Å². The molecular weight excluding hydrogens is 642 g/mol. The van der Waals surface area contributed by atoms with E-state index in [9.17, 15) is 10.2 Å². The number of piperidine rings is 2. The molecule has 2 aliphatic heterocycles. The van der Waals surface area contributed by atoms with E-state index in [1.807, 2.05) is 36.4 Å². The number of likely N-dealkylation sites (tertiary alicyclic amines) is 2. The molecule has 40 heavy (non-hydrogen) atoms. The van der Waals surface area contributed by atoms with Crippen molar-refractivity contribution in [3.63, 3.8) is 0 Å². The molecule has 222 valence electrons. The summed E-state index contributed by atoms with van der Waals surface area (Å²) in [6, 6.07) is 23.6. The number of rotatable bonds is 4. The fourth-order valence-electron chi connectivity index (χ4n) is 5.64. The molecule has 2 saturated heterocycles. The van der Waals surface area contributed by atoms with Gasteiger partial charge in [-0.1, -0.05) is 85.6 Å². The van der Waals surface area contributed by atoms with Crippen LogP contribution < -0.4 is 35.0 Å². The van der Waals surface area contributed by atoms with Gasteiger partial charge in [0, 0.05) is 13.1 Å². The number of halogens is 2. The van der Waals surface area contributed by atoms with Crippen LogP contribution in [0.2, 0.25) is 0 Å². The Morgan fingerprint density at radius 1 is 0.475 bits per heavy atom. The molecule has 0 amide bonds. The van der Waals surface area contributed by atoms with Gasteiger partial charge in [-0.3, -0.25) is 9.80 Å². The summed E-state index contributed by atoms with van der Waals surface area (Å²) in [6.07, 6.45) is 7.71. The third-order valence-electron chi connectivity index (χ3n) is 7.66. The molecule has 0 spiro atoms. The molecule has 0 aromatic heterocycles. The zero-order valence-electron chi connectivity index (χ0n) is 22.5. The van der Waals surface area contributed by atoms with Gasteiger partial charge in [0.2, 0.25) is 0 Å². The molecule has 0 bridgehead atoms. The summed E-state index contributed by atoms with van der Waals surface area (Å²) in [5.41, 5.74) is 1.94. The predicted molar refractivity (Wildman–Crippen MR) is 145 cm³/mol. The summed E-state index contributed by atoms with van der Waals surface area (Å²) in [4.78, 5) is 4.82. The third-order valence-corrected chi connectivity index (χ3v) is 7.66. The molecule has 2 heterocycles. The van der Waals surface area contributed by atoms with Crippen LogP contribution in [-0.4, -0.2) is 36.0 Å². The maximum absolute atomic E-state index is 12.1. The summed E-state index contributed by atoms with van der Waals surface area (Å²) >= 11 is 0. The SMILES string of the molecule is [Cl-].[Cl-].[Cu+2].[Cu+2].[O-]c1ccc2ccccc2c1CN1CCCCC1.[O-]c1ccc2ccccc2c1CN1CCCCC1. The second-order valence-electron chi connectivity index (χ2n) is 10.2. The van der Waals surface area contributed by atoms with Crippen molar-refractivity contribution in [2.75, 3.05) is 26.2 Å². The molecule has 0 atom stereocenters. The second kappa shape index (κ2) is 18.2. The first kappa shape index (κ1) is 36.6. The molecule has 2 radical (unpaired) electrons. The van der Waals surface area contributed by atoms with Crippen LogP contribution in [0.5, 0.6) is 11.5 Å². The summed E-state index contributed by atoms with van der Waals surface area (Å²) in [5.74, 6) is 0.360. The Bertz CT molecular complexity index is 1210. The minimum Gasteiger partial charge on any atom is -1.00 e. The number of hydrogen-bond donors (Lipinski definition) is 0. The van der Waals surface area contributed by atoms with Gasteiger partial charge in [-0.05, 0) is 84.5 Å². The normalized spacial score (nSPS) is 15.4. The molecule has 2 aliphatic rings. The molecule has 0 aliphatic carbocycles. The number of fused-ring (bicyclic) bond motifs is 2.